The van der Waals surface area contributed by atoms with Gasteiger partial charge in [0, 0.05) is 37.2 Å². The summed E-state index contributed by atoms with van der Waals surface area (Å²) in [5, 5.41) is 9.31. The molecular formula is C17H16FNO4. The van der Waals surface area contributed by atoms with Gasteiger partial charge < -0.3 is 14.4 Å². The first-order valence-corrected chi connectivity index (χ1v) is 7.39. The Balaban J connectivity index is 2.13. The molecule has 0 aliphatic carbocycles. The highest BCUT2D eigenvalue weighted by molar-refractivity contribution is 5.88. The highest BCUT2D eigenvalue weighted by Crippen LogP contribution is 2.24. The van der Waals surface area contributed by atoms with Gasteiger partial charge in [-0.05, 0) is 30.5 Å². The van der Waals surface area contributed by atoms with Crippen LogP contribution in [0.25, 0.3) is 11.1 Å². The van der Waals surface area contributed by atoms with E-state index in [0.717, 1.165) is 12.8 Å². The predicted octanol–water partition coefficient (Wildman–Crippen LogP) is 2.70. The molecule has 1 aromatic carbocycles. The van der Waals surface area contributed by atoms with Gasteiger partial charge in [-0.2, -0.15) is 0 Å². The summed E-state index contributed by atoms with van der Waals surface area (Å²) < 4.78 is 20.2. The van der Waals surface area contributed by atoms with Crippen LogP contribution in [0.2, 0.25) is 0 Å². The second kappa shape index (κ2) is 6.34. The van der Waals surface area contributed by atoms with Crippen molar-refractivity contribution in [3.8, 4) is 11.1 Å². The molecule has 1 aromatic heterocycles. The van der Waals surface area contributed by atoms with Gasteiger partial charge in [-0.25, -0.2) is 9.18 Å². The first kappa shape index (κ1) is 15.4. The number of halogens is 1. The number of hydrogen-bond donors (Lipinski definition) is 1. The number of benzene rings is 1. The Kier molecular flexibility index (Phi) is 4.25. The molecule has 2 heterocycles. The summed E-state index contributed by atoms with van der Waals surface area (Å²) in [6, 6.07) is 5.54. The van der Waals surface area contributed by atoms with E-state index in [1.807, 2.05) is 0 Å². The lowest BCUT2D eigenvalue weighted by molar-refractivity contribution is 0.0675. The van der Waals surface area contributed by atoms with Crippen LogP contribution in [0.15, 0.2) is 41.5 Å². The number of hydrogen-bond acceptors (Lipinski definition) is 3. The number of nitrogens with zero attached hydrogens (tertiary/aromatic N) is 1. The molecule has 0 spiro atoms. The molecule has 0 saturated carbocycles. The summed E-state index contributed by atoms with van der Waals surface area (Å²) in [5.41, 5.74) is -0.0811. The third kappa shape index (κ3) is 3.17. The Morgan fingerprint density at radius 2 is 1.83 bits per heavy atom. The fourth-order valence-electron chi connectivity index (χ4n) is 2.78. The quantitative estimate of drug-likeness (QED) is 0.945. The second-order valence-electron chi connectivity index (χ2n) is 5.52. The number of pyridine rings is 1. The van der Waals surface area contributed by atoms with Gasteiger partial charge in [0.1, 0.15) is 11.4 Å². The zero-order valence-corrected chi connectivity index (χ0v) is 12.4. The monoisotopic (exact) mass is 317 g/mol. The highest BCUT2D eigenvalue weighted by atomic mass is 19.1. The number of carboxylic acid groups (broad SMARTS) is 1. The van der Waals surface area contributed by atoms with Crippen molar-refractivity contribution in [2.24, 2.45) is 0 Å². The maximum absolute atomic E-state index is 13.1. The molecule has 1 saturated heterocycles. The Hall–Kier alpha value is -2.47. The summed E-state index contributed by atoms with van der Waals surface area (Å²) in [6.07, 6.45) is 4.54. The summed E-state index contributed by atoms with van der Waals surface area (Å²) >= 11 is 0. The van der Waals surface area contributed by atoms with Crippen LogP contribution in [0, 0.1) is 5.82 Å². The van der Waals surface area contributed by atoms with E-state index in [9.17, 15) is 19.1 Å². The van der Waals surface area contributed by atoms with Crippen LogP contribution >= 0.6 is 0 Å². The van der Waals surface area contributed by atoms with Gasteiger partial charge in [-0.1, -0.05) is 12.1 Å². The highest BCUT2D eigenvalue weighted by Gasteiger charge is 2.20. The van der Waals surface area contributed by atoms with Crippen LogP contribution in [0.1, 0.15) is 29.2 Å². The molecule has 2 aromatic rings. The van der Waals surface area contributed by atoms with Gasteiger partial charge in [-0.15, -0.1) is 0 Å². The van der Waals surface area contributed by atoms with Crippen molar-refractivity contribution in [2.45, 2.75) is 18.9 Å². The van der Waals surface area contributed by atoms with Crippen molar-refractivity contribution in [1.29, 1.82) is 0 Å². The molecule has 1 aliphatic heterocycles. The topological polar surface area (TPSA) is 68.5 Å². The minimum Gasteiger partial charge on any atom is -0.477 e. The number of aromatic nitrogens is 1. The molecule has 3 rings (SSSR count). The van der Waals surface area contributed by atoms with Crippen molar-refractivity contribution in [2.75, 3.05) is 13.2 Å². The Labute approximate surface area is 131 Å². The van der Waals surface area contributed by atoms with Crippen LogP contribution in [-0.4, -0.2) is 28.9 Å². The van der Waals surface area contributed by atoms with Gasteiger partial charge in [0.05, 0.1) is 0 Å². The molecule has 0 amide bonds. The first-order valence-electron chi connectivity index (χ1n) is 7.39. The molecule has 0 bridgehead atoms. The largest absolute Gasteiger partial charge is 0.477 e. The van der Waals surface area contributed by atoms with Crippen molar-refractivity contribution >= 4 is 5.97 Å². The average Bonchev–Trinajstić information content (AvgIpc) is 2.56. The minimum absolute atomic E-state index is 0.0849. The normalized spacial score (nSPS) is 15.5. The lowest BCUT2D eigenvalue weighted by Gasteiger charge is -2.25. The summed E-state index contributed by atoms with van der Waals surface area (Å²) in [7, 11) is 0. The van der Waals surface area contributed by atoms with Crippen molar-refractivity contribution in [3.05, 3.63) is 58.3 Å². The molecule has 0 atom stereocenters. The molecule has 120 valence electrons. The Bertz CT molecular complexity index is 776. The molecule has 0 radical (unpaired) electrons. The van der Waals surface area contributed by atoms with E-state index in [1.165, 1.54) is 30.5 Å². The van der Waals surface area contributed by atoms with E-state index >= 15 is 0 Å². The third-order valence-electron chi connectivity index (χ3n) is 4.04. The fourth-order valence-corrected chi connectivity index (χ4v) is 2.78. The Morgan fingerprint density at radius 1 is 1.17 bits per heavy atom. The second-order valence-corrected chi connectivity index (χ2v) is 5.52. The van der Waals surface area contributed by atoms with Gasteiger partial charge in [0.2, 0.25) is 5.43 Å². The van der Waals surface area contributed by atoms with E-state index in [-0.39, 0.29) is 17.2 Å². The maximum Gasteiger partial charge on any atom is 0.341 e. The van der Waals surface area contributed by atoms with Gasteiger partial charge >= 0.3 is 5.97 Å². The Morgan fingerprint density at radius 3 is 2.43 bits per heavy atom. The number of rotatable bonds is 3. The van der Waals surface area contributed by atoms with Gasteiger partial charge in [0.25, 0.3) is 0 Å². The lowest BCUT2D eigenvalue weighted by Crippen LogP contribution is -2.25. The molecule has 1 N–H and O–H groups in total. The molecule has 0 unspecified atom stereocenters. The number of aromatic carboxylic acids is 1. The standard InChI is InChI=1S/C17H16FNO4/c18-12-3-1-11(2-4-12)14-9-19(13-5-7-23-8-6-13)10-15(16(14)20)17(21)22/h1-4,9-10,13H,5-8H2,(H,21,22). The van der Waals surface area contributed by atoms with Gasteiger partial charge in [-0.3, -0.25) is 4.79 Å². The van der Waals surface area contributed by atoms with E-state index in [4.69, 9.17) is 4.74 Å². The molecule has 5 nitrogen and oxygen atoms in total. The SMILES string of the molecule is O=C(O)c1cn(C2CCOCC2)cc(-c2ccc(F)cc2)c1=O. The molecule has 1 fully saturated rings. The molecular weight excluding hydrogens is 301 g/mol. The van der Waals surface area contributed by atoms with E-state index in [2.05, 4.69) is 0 Å². The van der Waals surface area contributed by atoms with Crippen LogP contribution in [-0.2, 0) is 4.74 Å². The van der Waals surface area contributed by atoms with E-state index in [0.29, 0.717) is 18.8 Å². The fraction of sp³-hybridized carbons (Fsp3) is 0.294. The molecule has 23 heavy (non-hydrogen) atoms. The van der Waals surface area contributed by atoms with Crippen molar-refractivity contribution in [1.82, 2.24) is 4.57 Å². The van der Waals surface area contributed by atoms with Crippen LogP contribution in [0.5, 0.6) is 0 Å². The van der Waals surface area contributed by atoms with Crippen LogP contribution in [0.3, 0.4) is 0 Å². The predicted molar refractivity (Wildman–Crippen MR) is 82.1 cm³/mol. The minimum atomic E-state index is -1.26. The van der Waals surface area contributed by atoms with E-state index < -0.39 is 17.2 Å². The van der Waals surface area contributed by atoms with Crippen LogP contribution in [0.4, 0.5) is 4.39 Å². The van der Waals surface area contributed by atoms with Crippen molar-refractivity contribution in [3.63, 3.8) is 0 Å². The zero-order valence-electron chi connectivity index (χ0n) is 12.4. The molecule has 1 aliphatic rings. The smallest absolute Gasteiger partial charge is 0.341 e. The molecule has 6 heteroatoms. The lowest BCUT2D eigenvalue weighted by atomic mass is 10.0. The number of carbonyl (C=O) groups is 1. The van der Waals surface area contributed by atoms with Crippen molar-refractivity contribution < 1.29 is 19.0 Å². The number of carboxylic acids is 1. The summed E-state index contributed by atoms with van der Waals surface area (Å²) in [5.74, 6) is -1.67. The van der Waals surface area contributed by atoms with Crippen LogP contribution < -0.4 is 5.43 Å². The third-order valence-corrected chi connectivity index (χ3v) is 4.04. The zero-order chi connectivity index (χ0) is 16.4. The summed E-state index contributed by atoms with van der Waals surface area (Å²) in [6.45, 7) is 1.20. The summed E-state index contributed by atoms with van der Waals surface area (Å²) in [4.78, 5) is 23.8. The maximum atomic E-state index is 13.1. The number of ether oxygens (including phenoxy) is 1. The first-order chi connectivity index (χ1) is 11.1. The van der Waals surface area contributed by atoms with E-state index in [1.54, 1.807) is 10.8 Å². The van der Waals surface area contributed by atoms with Gasteiger partial charge in [0.15, 0.2) is 0 Å². The average molecular weight is 317 g/mol.